The zero-order valence-electron chi connectivity index (χ0n) is 10.6. The Kier molecular flexibility index (Phi) is 5.19. The van der Waals surface area contributed by atoms with Gasteiger partial charge >= 0.3 is 6.01 Å². The van der Waals surface area contributed by atoms with Crippen LogP contribution < -0.4 is 15.4 Å². The lowest BCUT2D eigenvalue weighted by Gasteiger charge is -2.18. The number of hydrogen-bond acceptors (Lipinski definition) is 6. The molecule has 0 aliphatic carbocycles. The van der Waals surface area contributed by atoms with Gasteiger partial charge in [-0.2, -0.15) is 15.0 Å². The smallest absolute Gasteiger partial charge is 0.323 e. The number of hydrogen-bond donors (Lipinski definition) is 1. The van der Waals surface area contributed by atoms with Crippen molar-refractivity contribution in [1.29, 1.82) is 0 Å². The minimum atomic E-state index is 0.178. The molecular formula is C11H19N5O. The second-order valence-corrected chi connectivity index (χ2v) is 3.33. The molecule has 0 aliphatic rings. The fourth-order valence-corrected chi connectivity index (χ4v) is 1.29. The minimum Gasteiger partial charge on any atom is -0.459 e. The number of aromatic nitrogens is 3. The van der Waals surface area contributed by atoms with E-state index in [1.165, 1.54) is 0 Å². The highest BCUT2D eigenvalue weighted by atomic mass is 16.5. The molecule has 0 fully saturated rings. The Morgan fingerprint density at radius 3 is 2.53 bits per heavy atom. The van der Waals surface area contributed by atoms with Gasteiger partial charge in [0.1, 0.15) is 6.61 Å². The molecule has 0 saturated carbocycles. The maximum atomic E-state index is 5.62. The van der Waals surface area contributed by atoms with Crippen molar-refractivity contribution in [2.24, 2.45) is 0 Å². The maximum Gasteiger partial charge on any atom is 0.323 e. The molecule has 0 bridgehead atoms. The van der Waals surface area contributed by atoms with Crippen LogP contribution in [0.1, 0.15) is 20.8 Å². The highest BCUT2D eigenvalue weighted by Crippen LogP contribution is 2.12. The number of anilines is 2. The molecule has 0 aliphatic heterocycles. The number of ether oxygens (including phenoxy) is 1. The predicted octanol–water partition coefficient (Wildman–Crippen LogP) is 1.25. The van der Waals surface area contributed by atoms with E-state index in [0.717, 1.165) is 13.1 Å². The van der Waals surface area contributed by atoms with Crippen LogP contribution in [0.4, 0.5) is 11.9 Å². The fraction of sp³-hybridized carbons (Fsp3) is 0.545. The summed E-state index contributed by atoms with van der Waals surface area (Å²) >= 11 is 0. The third kappa shape index (κ3) is 3.90. The quantitative estimate of drug-likeness (QED) is 0.750. The van der Waals surface area contributed by atoms with Crippen LogP contribution in [0.2, 0.25) is 0 Å². The Labute approximate surface area is 102 Å². The molecule has 0 amide bonds. The SMILES string of the molecule is C/C=C/COc1nc(N)nc(N(CC)CC)n1. The molecule has 1 aromatic rings. The zero-order valence-corrected chi connectivity index (χ0v) is 10.6. The van der Waals surface area contributed by atoms with Crippen molar-refractivity contribution in [1.82, 2.24) is 15.0 Å². The highest BCUT2D eigenvalue weighted by molar-refractivity contribution is 5.35. The van der Waals surface area contributed by atoms with Gasteiger partial charge in [-0.1, -0.05) is 12.2 Å². The first-order chi connectivity index (χ1) is 8.21. The van der Waals surface area contributed by atoms with Crippen LogP contribution in [0.5, 0.6) is 6.01 Å². The fourth-order valence-electron chi connectivity index (χ4n) is 1.29. The molecule has 0 radical (unpaired) electrons. The molecule has 17 heavy (non-hydrogen) atoms. The van der Waals surface area contributed by atoms with Gasteiger partial charge in [0.15, 0.2) is 0 Å². The first-order valence-electron chi connectivity index (χ1n) is 5.71. The maximum absolute atomic E-state index is 5.62. The summed E-state index contributed by atoms with van der Waals surface area (Å²) < 4.78 is 5.35. The van der Waals surface area contributed by atoms with Crippen molar-refractivity contribution in [2.75, 3.05) is 30.3 Å². The molecule has 0 spiro atoms. The van der Waals surface area contributed by atoms with Crippen LogP contribution >= 0.6 is 0 Å². The van der Waals surface area contributed by atoms with Crippen molar-refractivity contribution in [3.63, 3.8) is 0 Å². The number of nitrogens with zero attached hydrogens (tertiary/aromatic N) is 4. The molecule has 6 heteroatoms. The molecule has 0 saturated heterocycles. The van der Waals surface area contributed by atoms with Gasteiger partial charge in [-0.3, -0.25) is 0 Å². The standard InChI is InChI=1S/C11H19N5O/c1-4-7-8-17-11-14-9(12)13-10(15-11)16(5-2)6-3/h4,7H,5-6,8H2,1-3H3,(H2,12,13,14,15)/b7-4+. The number of allylic oxidation sites excluding steroid dienone is 1. The third-order valence-corrected chi connectivity index (χ3v) is 2.21. The summed E-state index contributed by atoms with van der Waals surface area (Å²) in [5.41, 5.74) is 5.62. The lowest BCUT2D eigenvalue weighted by Crippen LogP contribution is -2.25. The molecule has 2 N–H and O–H groups in total. The van der Waals surface area contributed by atoms with Crippen molar-refractivity contribution in [2.45, 2.75) is 20.8 Å². The number of nitrogen functional groups attached to an aromatic ring is 1. The largest absolute Gasteiger partial charge is 0.459 e. The van der Waals surface area contributed by atoms with E-state index in [4.69, 9.17) is 10.5 Å². The van der Waals surface area contributed by atoms with Gasteiger partial charge in [0.25, 0.3) is 0 Å². The van der Waals surface area contributed by atoms with E-state index in [1.807, 2.05) is 37.8 Å². The van der Waals surface area contributed by atoms with Crippen molar-refractivity contribution in [3.8, 4) is 6.01 Å². The van der Waals surface area contributed by atoms with Crippen molar-refractivity contribution < 1.29 is 4.74 Å². The topological polar surface area (TPSA) is 77.2 Å². The van der Waals surface area contributed by atoms with E-state index in [-0.39, 0.29) is 12.0 Å². The van der Waals surface area contributed by atoms with Gasteiger partial charge in [0.2, 0.25) is 11.9 Å². The number of nitrogens with two attached hydrogens (primary N) is 1. The van der Waals surface area contributed by atoms with Gasteiger partial charge < -0.3 is 15.4 Å². The summed E-state index contributed by atoms with van der Waals surface area (Å²) in [7, 11) is 0. The molecule has 0 unspecified atom stereocenters. The molecule has 94 valence electrons. The van der Waals surface area contributed by atoms with Crippen LogP contribution in [-0.4, -0.2) is 34.6 Å². The van der Waals surface area contributed by atoms with Crippen LogP contribution in [-0.2, 0) is 0 Å². The second kappa shape index (κ2) is 6.67. The Morgan fingerprint density at radius 1 is 1.24 bits per heavy atom. The minimum absolute atomic E-state index is 0.178. The molecule has 1 rings (SSSR count). The van der Waals surface area contributed by atoms with E-state index in [9.17, 15) is 0 Å². The molecule has 6 nitrogen and oxygen atoms in total. The van der Waals surface area contributed by atoms with E-state index in [2.05, 4.69) is 15.0 Å². The van der Waals surface area contributed by atoms with Crippen LogP contribution in [0.25, 0.3) is 0 Å². The average molecular weight is 237 g/mol. The Morgan fingerprint density at radius 2 is 1.94 bits per heavy atom. The average Bonchev–Trinajstić information content (AvgIpc) is 2.30. The summed E-state index contributed by atoms with van der Waals surface area (Å²) in [6.45, 7) is 8.04. The van der Waals surface area contributed by atoms with E-state index in [0.29, 0.717) is 12.6 Å². The summed E-state index contributed by atoms with van der Waals surface area (Å²) in [5.74, 6) is 0.732. The van der Waals surface area contributed by atoms with Gasteiger partial charge in [0, 0.05) is 13.1 Å². The Balaban J connectivity index is 2.85. The monoisotopic (exact) mass is 237 g/mol. The van der Waals surface area contributed by atoms with Gasteiger partial charge in [-0.05, 0) is 20.8 Å². The van der Waals surface area contributed by atoms with E-state index < -0.39 is 0 Å². The summed E-state index contributed by atoms with van der Waals surface area (Å²) in [6.07, 6.45) is 3.77. The normalized spacial score (nSPS) is 10.8. The molecule has 1 aromatic heterocycles. The van der Waals surface area contributed by atoms with E-state index >= 15 is 0 Å². The van der Waals surface area contributed by atoms with Gasteiger partial charge in [0.05, 0.1) is 0 Å². The summed E-state index contributed by atoms with van der Waals surface area (Å²) in [4.78, 5) is 14.2. The molecule has 1 heterocycles. The van der Waals surface area contributed by atoms with Crippen LogP contribution in [0, 0.1) is 0 Å². The Hall–Kier alpha value is -1.85. The molecule has 0 atom stereocenters. The van der Waals surface area contributed by atoms with Crippen LogP contribution in [0.3, 0.4) is 0 Å². The lowest BCUT2D eigenvalue weighted by molar-refractivity contribution is 0.332. The van der Waals surface area contributed by atoms with E-state index in [1.54, 1.807) is 0 Å². The lowest BCUT2D eigenvalue weighted by atomic mass is 10.5. The molecular weight excluding hydrogens is 218 g/mol. The third-order valence-electron chi connectivity index (χ3n) is 2.21. The van der Waals surface area contributed by atoms with Gasteiger partial charge in [-0.15, -0.1) is 0 Å². The van der Waals surface area contributed by atoms with Gasteiger partial charge in [-0.25, -0.2) is 0 Å². The van der Waals surface area contributed by atoms with Crippen molar-refractivity contribution in [3.05, 3.63) is 12.2 Å². The number of rotatable bonds is 6. The first-order valence-corrected chi connectivity index (χ1v) is 5.71. The van der Waals surface area contributed by atoms with Crippen molar-refractivity contribution >= 4 is 11.9 Å². The highest BCUT2D eigenvalue weighted by Gasteiger charge is 2.09. The van der Waals surface area contributed by atoms with Crippen LogP contribution in [0.15, 0.2) is 12.2 Å². The predicted molar refractivity (Wildman–Crippen MR) is 68.1 cm³/mol. The second-order valence-electron chi connectivity index (χ2n) is 3.33. The Bertz CT molecular complexity index is 376. The summed E-state index contributed by atoms with van der Waals surface area (Å²) in [6, 6.07) is 0.262. The summed E-state index contributed by atoms with van der Waals surface area (Å²) in [5, 5.41) is 0. The molecule has 0 aromatic carbocycles. The first kappa shape index (κ1) is 13.2. The zero-order chi connectivity index (χ0) is 12.7.